The van der Waals surface area contributed by atoms with Crippen LogP contribution in [0, 0.1) is 6.92 Å². The van der Waals surface area contributed by atoms with E-state index in [9.17, 15) is 31.5 Å². The molecule has 2 aliphatic heterocycles. The van der Waals surface area contributed by atoms with E-state index in [-0.39, 0.29) is 56.0 Å². The van der Waals surface area contributed by atoms with Crippen molar-refractivity contribution in [2.45, 2.75) is 57.3 Å². The summed E-state index contributed by atoms with van der Waals surface area (Å²) in [6.07, 6.45) is -5.68. The molecule has 3 heterocycles. The molecule has 7 nitrogen and oxygen atoms in total. The number of fused-ring (bicyclic) bond motifs is 1. The Morgan fingerprint density at radius 2 is 1.97 bits per heavy atom. The first-order valence-corrected chi connectivity index (χ1v) is 9.48. The summed E-state index contributed by atoms with van der Waals surface area (Å²) in [7, 11) is 0. The average molecular weight is 435 g/mol. The summed E-state index contributed by atoms with van der Waals surface area (Å²) >= 11 is 0. The minimum absolute atomic E-state index is 0.0254. The van der Waals surface area contributed by atoms with E-state index in [1.807, 2.05) is 0 Å². The minimum Gasteiger partial charge on any atom is -0.336 e. The van der Waals surface area contributed by atoms with Gasteiger partial charge in [0.25, 0.3) is 5.92 Å². The molecule has 1 fully saturated rings. The molecule has 0 saturated carbocycles. The van der Waals surface area contributed by atoms with Crippen molar-refractivity contribution in [3.8, 4) is 0 Å². The summed E-state index contributed by atoms with van der Waals surface area (Å²) in [5, 5.41) is 0. The number of halogens is 5. The Morgan fingerprint density at radius 1 is 1.27 bits per heavy atom. The third kappa shape index (κ3) is 5.02. The topological polar surface area (TPSA) is 92.4 Å². The first-order valence-electron chi connectivity index (χ1n) is 9.48. The molecule has 1 atom stereocenters. The average Bonchev–Trinajstić information content (AvgIpc) is 2.62. The lowest BCUT2D eigenvalue weighted by Crippen LogP contribution is -2.51. The van der Waals surface area contributed by atoms with E-state index < -0.39 is 48.6 Å². The third-order valence-corrected chi connectivity index (χ3v) is 5.17. The first-order chi connectivity index (χ1) is 13.9. The molecule has 3 rings (SSSR count). The van der Waals surface area contributed by atoms with E-state index in [1.165, 1.54) is 11.8 Å². The van der Waals surface area contributed by atoms with Crippen molar-refractivity contribution in [1.82, 2.24) is 19.8 Å². The number of carbonyl (C=O) groups excluding carboxylic acids is 2. The number of hydrogen-bond donors (Lipinski definition) is 1. The number of rotatable bonds is 4. The van der Waals surface area contributed by atoms with Crippen molar-refractivity contribution in [2.24, 2.45) is 5.73 Å². The van der Waals surface area contributed by atoms with Gasteiger partial charge in [-0.25, -0.2) is 18.7 Å². The minimum atomic E-state index is -4.62. The summed E-state index contributed by atoms with van der Waals surface area (Å²) in [6.45, 7) is 0.339. The second kappa shape index (κ2) is 8.05. The molecule has 1 saturated heterocycles. The highest BCUT2D eigenvalue weighted by Crippen LogP contribution is 2.34. The van der Waals surface area contributed by atoms with Crippen LogP contribution in [0.3, 0.4) is 0 Å². The zero-order valence-electron chi connectivity index (χ0n) is 16.3. The maximum Gasteiger partial charge on any atom is 0.433 e. The molecule has 2 N–H and O–H groups in total. The summed E-state index contributed by atoms with van der Waals surface area (Å²) in [6, 6.07) is -0.866. The molecule has 166 valence electrons. The fraction of sp³-hybridized carbons (Fsp3) is 0.667. The number of aromatic nitrogens is 2. The fourth-order valence-electron chi connectivity index (χ4n) is 3.76. The number of amides is 2. The maximum absolute atomic E-state index is 13.5. The van der Waals surface area contributed by atoms with Crippen molar-refractivity contribution in [1.29, 1.82) is 0 Å². The van der Waals surface area contributed by atoms with Crippen molar-refractivity contribution in [3.63, 3.8) is 0 Å². The molecular weight excluding hydrogens is 413 g/mol. The smallest absolute Gasteiger partial charge is 0.336 e. The molecule has 0 unspecified atom stereocenters. The molecule has 1 aromatic rings. The van der Waals surface area contributed by atoms with Gasteiger partial charge in [-0.1, -0.05) is 0 Å². The Morgan fingerprint density at radius 3 is 2.63 bits per heavy atom. The molecule has 0 spiro atoms. The lowest BCUT2D eigenvalue weighted by Gasteiger charge is -2.34. The molecule has 0 aromatic carbocycles. The van der Waals surface area contributed by atoms with Crippen LogP contribution in [0.4, 0.5) is 22.0 Å². The molecule has 30 heavy (non-hydrogen) atoms. The third-order valence-electron chi connectivity index (χ3n) is 5.17. The van der Waals surface area contributed by atoms with Gasteiger partial charge >= 0.3 is 6.18 Å². The van der Waals surface area contributed by atoms with Crippen LogP contribution < -0.4 is 5.73 Å². The molecule has 0 aliphatic carbocycles. The predicted molar refractivity (Wildman–Crippen MR) is 94.2 cm³/mol. The van der Waals surface area contributed by atoms with E-state index in [2.05, 4.69) is 9.97 Å². The number of likely N-dealkylation sites (tertiary alicyclic amines) is 1. The molecule has 0 radical (unpaired) electrons. The normalized spacial score (nSPS) is 20.2. The van der Waals surface area contributed by atoms with E-state index >= 15 is 0 Å². The number of aryl methyl sites for hydroxylation is 1. The van der Waals surface area contributed by atoms with Crippen LogP contribution in [0.25, 0.3) is 0 Å². The number of carbonyl (C=O) groups is 2. The number of hydrogen-bond acceptors (Lipinski definition) is 5. The van der Waals surface area contributed by atoms with Crippen molar-refractivity contribution in [3.05, 3.63) is 22.8 Å². The second-order valence-corrected chi connectivity index (χ2v) is 7.70. The summed E-state index contributed by atoms with van der Waals surface area (Å²) in [4.78, 5) is 34.2. The van der Waals surface area contributed by atoms with Gasteiger partial charge in [-0.2, -0.15) is 13.2 Å². The van der Waals surface area contributed by atoms with Crippen molar-refractivity contribution < 1.29 is 31.5 Å². The maximum atomic E-state index is 13.5. The Labute approximate surface area is 169 Å². The van der Waals surface area contributed by atoms with Crippen LogP contribution in [0.5, 0.6) is 0 Å². The lowest BCUT2D eigenvalue weighted by molar-refractivity contribution is -0.148. The van der Waals surface area contributed by atoms with Crippen molar-refractivity contribution in [2.75, 3.05) is 19.6 Å². The van der Waals surface area contributed by atoms with Crippen LogP contribution in [-0.4, -0.2) is 63.2 Å². The molecular formula is C18H22F5N5O2. The second-order valence-electron chi connectivity index (χ2n) is 7.70. The fourth-order valence-corrected chi connectivity index (χ4v) is 3.76. The number of alkyl halides is 5. The zero-order valence-corrected chi connectivity index (χ0v) is 16.3. The van der Waals surface area contributed by atoms with Crippen molar-refractivity contribution >= 4 is 11.8 Å². The van der Waals surface area contributed by atoms with Gasteiger partial charge in [0.05, 0.1) is 18.8 Å². The Balaban J connectivity index is 1.64. The van der Waals surface area contributed by atoms with Crippen LogP contribution in [0.2, 0.25) is 0 Å². The van der Waals surface area contributed by atoms with Gasteiger partial charge in [0.1, 0.15) is 5.82 Å². The molecule has 2 aliphatic rings. The van der Waals surface area contributed by atoms with Crippen LogP contribution in [0.1, 0.15) is 42.0 Å². The monoisotopic (exact) mass is 435 g/mol. The van der Waals surface area contributed by atoms with Crippen LogP contribution in [0.15, 0.2) is 0 Å². The van der Waals surface area contributed by atoms with Gasteiger partial charge in [-0.05, 0) is 13.3 Å². The highest BCUT2D eigenvalue weighted by atomic mass is 19.4. The first kappa shape index (κ1) is 22.3. The molecule has 1 aromatic heterocycles. The number of nitrogens with two attached hydrogens (primary N) is 1. The van der Waals surface area contributed by atoms with E-state index in [0.717, 1.165) is 4.90 Å². The van der Waals surface area contributed by atoms with E-state index in [0.29, 0.717) is 0 Å². The zero-order chi connectivity index (χ0) is 22.3. The molecule has 0 bridgehead atoms. The van der Waals surface area contributed by atoms with Gasteiger partial charge in [0.15, 0.2) is 5.69 Å². The lowest BCUT2D eigenvalue weighted by atomic mass is 10.0. The van der Waals surface area contributed by atoms with Crippen LogP contribution >= 0.6 is 0 Å². The Kier molecular flexibility index (Phi) is 5.99. The summed E-state index contributed by atoms with van der Waals surface area (Å²) in [5.74, 6) is -3.91. The number of nitrogens with zero attached hydrogens (tertiary/aromatic N) is 4. The van der Waals surface area contributed by atoms with Gasteiger partial charge in [-0.15, -0.1) is 0 Å². The Bertz CT molecular complexity index is 845. The molecule has 12 heteroatoms. The highest BCUT2D eigenvalue weighted by molar-refractivity contribution is 5.78. The quantitative estimate of drug-likeness (QED) is 0.727. The Hall–Kier alpha value is -2.37. The SMILES string of the molecule is Cc1nc2c(c(C(F)(F)F)n1)CCN(C(=O)C[C@H](N)CN1CC(F)(F)CCC1=O)C2. The standard InChI is InChI=1S/C18H22F5N5O2/c1-10-25-13-8-27(5-3-12(13)16(26-10)18(21,22)23)15(30)6-11(24)7-28-9-17(19,20)4-2-14(28)29/h11H,2-9,24H2,1H3/t11-/m0/s1. The predicted octanol–water partition coefficient (Wildman–Crippen LogP) is 1.66. The van der Waals surface area contributed by atoms with Crippen LogP contribution in [-0.2, 0) is 28.7 Å². The summed E-state index contributed by atoms with van der Waals surface area (Å²) < 4.78 is 66.7. The van der Waals surface area contributed by atoms with E-state index in [4.69, 9.17) is 5.73 Å². The largest absolute Gasteiger partial charge is 0.433 e. The van der Waals surface area contributed by atoms with Gasteiger partial charge in [0.2, 0.25) is 11.8 Å². The number of piperidine rings is 1. The van der Waals surface area contributed by atoms with E-state index in [1.54, 1.807) is 0 Å². The van der Waals surface area contributed by atoms with Gasteiger partial charge in [0, 0.05) is 44.0 Å². The molecule has 2 amide bonds. The highest BCUT2D eigenvalue weighted by Gasteiger charge is 2.40. The van der Waals surface area contributed by atoms with Gasteiger partial charge in [-0.3, -0.25) is 9.59 Å². The van der Waals surface area contributed by atoms with Gasteiger partial charge < -0.3 is 15.5 Å². The summed E-state index contributed by atoms with van der Waals surface area (Å²) in [5.41, 5.74) is 5.02.